The predicted molar refractivity (Wildman–Crippen MR) is 79.7 cm³/mol. The fourth-order valence-electron chi connectivity index (χ4n) is 2.00. The molecule has 4 heteroatoms. The lowest BCUT2D eigenvalue weighted by atomic mass is 10.1. The molecule has 0 atom stereocenters. The van der Waals surface area contributed by atoms with Crippen LogP contribution in [0.3, 0.4) is 0 Å². The molecule has 1 aromatic carbocycles. The first kappa shape index (κ1) is 13.8. The van der Waals surface area contributed by atoms with Crippen LogP contribution >= 0.6 is 11.6 Å². The van der Waals surface area contributed by atoms with Crippen LogP contribution in [0, 0.1) is 0 Å². The van der Waals surface area contributed by atoms with Crippen molar-refractivity contribution >= 4 is 17.4 Å². The van der Waals surface area contributed by atoms with Gasteiger partial charge in [-0.15, -0.1) is 0 Å². The second kappa shape index (κ2) is 7.10. The zero-order chi connectivity index (χ0) is 13.5. The SMILES string of the molecule is CCc1c(Cl)ncnc1NCCCc1ccccc1. The molecule has 0 aliphatic rings. The van der Waals surface area contributed by atoms with Crippen molar-refractivity contribution in [2.75, 3.05) is 11.9 Å². The molecular weight excluding hydrogens is 258 g/mol. The first-order chi connectivity index (χ1) is 9.31. The minimum atomic E-state index is 0.544. The molecule has 0 spiro atoms. The Labute approximate surface area is 119 Å². The lowest BCUT2D eigenvalue weighted by Gasteiger charge is -2.10. The van der Waals surface area contributed by atoms with Gasteiger partial charge in [0.15, 0.2) is 0 Å². The van der Waals surface area contributed by atoms with Crippen LogP contribution in [0.25, 0.3) is 0 Å². The van der Waals surface area contributed by atoms with E-state index in [4.69, 9.17) is 11.6 Å². The molecular formula is C15H18ClN3. The molecule has 0 radical (unpaired) electrons. The highest BCUT2D eigenvalue weighted by atomic mass is 35.5. The monoisotopic (exact) mass is 275 g/mol. The quantitative estimate of drug-likeness (QED) is 0.645. The van der Waals surface area contributed by atoms with Gasteiger partial charge in [-0.3, -0.25) is 0 Å². The Hall–Kier alpha value is -1.61. The molecule has 0 saturated heterocycles. The third-order valence-corrected chi connectivity index (χ3v) is 3.35. The zero-order valence-corrected chi connectivity index (χ0v) is 11.8. The second-order valence-electron chi connectivity index (χ2n) is 4.36. The van der Waals surface area contributed by atoms with E-state index in [2.05, 4.69) is 46.5 Å². The smallest absolute Gasteiger partial charge is 0.137 e. The Morgan fingerprint density at radius 2 is 1.95 bits per heavy atom. The lowest BCUT2D eigenvalue weighted by Crippen LogP contribution is -2.08. The first-order valence-electron chi connectivity index (χ1n) is 6.58. The van der Waals surface area contributed by atoms with Gasteiger partial charge in [-0.1, -0.05) is 48.9 Å². The van der Waals surface area contributed by atoms with Crippen molar-refractivity contribution in [3.63, 3.8) is 0 Å². The van der Waals surface area contributed by atoms with Crippen LogP contribution in [0.2, 0.25) is 5.15 Å². The average molecular weight is 276 g/mol. The van der Waals surface area contributed by atoms with Gasteiger partial charge in [0, 0.05) is 12.1 Å². The Kier molecular flexibility index (Phi) is 5.16. The van der Waals surface area contributed by atoms with Crippen molar-refractivity contribution in [1.29, 1.82) is 0 Å². The maximum Gasteiger partial charge on any atom is 0.137 e. The van der Waals surface area contributed by atoms with E-state index < -0.39 is 0 Å². The average Bonchev–Trinajstić information content (AvgIpc) is 2.45. The summed E-state index contributed by atoms with van der Waals surface area (Å²) >= 11 is 6.05. The summed E-state index contributed by atoms with van der Waals surface area (Å²) in [6.07, 6.45) is 4.46. The van der Waals surface area contributed by atoms with Crippen molar-refractivity contribution < 1.29 is 0 Å². The number of aromatic nitrogens is 2. The Morgan fingerprint density at radius 1 is 1.16 bits per heavy atom. The molecule has 100 valence electrons. The van der Waals surface area contributed by atoms with Crippen molar-refractivity contribution in [3.05, 3.63) is 52.9 Å². The summed E-state index contributed by atoms with van der Waals surface area (Å²) in [4.78, 5) is 8.25. The second-order valence-corrected chi connectivity index (χ2v) is 4.72. The van der Waals surface area contributed by atoms with E-state index in [1.165, 1.54) is 11.9 Å². The van der Waals surface area contributed by atoms with E-state index in [0.29, 0.717) is 5.15 Å². The molecule has 3 nitrogen and oxygen atoms in total. The first-order valence-corrected chi connectivity index (χ1v) is 6.96. The minimum Gasteiger partial charge on any atom is -0.370 e. The van der Waals surface area contributed by atoms with Crippen molar-refractivity contribution in [2.45, 2.75) is 26.2 Å². The fraction of sp³-hybridized carbons (Fsp3) is 0.333. The van der Waals surface area contributed by atoms with Crippen molar-refractivity contribution in [2.24, 2.45) is 0 Å². The van der Waals surface area contributed by atoms with Gasteiger partial charge in [0.2, 0.25) is 0 Å². The maximum absolute atomic E-state index is 6.05. The van der Waals surface area contributed by atoms with E-state index in [0.717, 1.165) is 37.2 Å². The number of anilines is 1. The van der Waals surface area contributed by atoms with E-state index in [-0.39, 0.29) is 0 Å². The van der Waals surface area contributed by atoms with Crippen LogP contribution in [0.1, 0.15) is 24.5 Å². The number of nitrogens with zero attached hydrogens (tertiary/aromatic N) is 2. The molecule has 19 heavy (non-hydrogen) atoms. The number of benzene rings is 1. The van der Waals surface area contributed by atoms with Gasteiger partial charge >= 0.3 is 0 Å². The van der Waals surface area contributed by atoms with Gasteiger partial charge in [-0.25, -0.2) is 9.97 Å². The van der Waals surface area contributed by atoms with Crippen LogP contribution in [0.5, 0.6) is 0 Å². The Bertz CT molecular complexity index is 514. The zero-order valence-electron chi connectivity index (χ0n) is 11.1. The third kappa shape index (κ3) is 3.93. The van der Waals surface area contributed by atoms with Gasteiger partial charge in [0.25, 0.3) is 0 Å². The van der Waals surface area contributed by atoms with E-state index in [1.807, 2.05) is 6.07 Å². The molecule has 1 aromatic heterocycles. The Balaban J connectivity index is 1.85. The van der Waals surface area contributed by atoms with Crippen LogP contribution in [0.15, 0.2) is 36.7 Å². The predicted octanol–water partition coefficient (Wildman–Crippen LogP) is 3.74. The largest absolute Gasteiger partial charge is 0.370 e. The molecule has 0 bridgehead atoms. The topological polar surface area (TPSA) is 37.8 Å². The molecule has 1 heterocycles. The summed E-state index contributed by atoms with van der Waals surface area (Å²) in [7, 11) is 0. The summed E-state index contributed by atoms with van der Waals surface area (Å²) in [5.74, 6) is 0.857. The number of hydrogen-bond acceptors (Lipinski definition) is 3. The Morgan fingerprint density at radius 3 is 2.68 bits per heavy atom. The molecule has 0 aliphatic heterocycles. The van der Waals surface area contributed by atoms with Crippen molar-refractivity contribution in [3.8, 4) is 0 Å². The number of hydrogen-bond donors (Lipinski definition) is 1. The summed E-state index contributed by atoms with van der Waals surface area (Å²) in [6.45, 7) is 2.94. The minimum absolute atomic E-state index is 0.544. The van der Waals surface area contributed by atoms with Gasteiger partial charge in [-0.2, -0.15) is 0 Å². The highest BCUT2D eigenvalue weighted by Crippen LogP contribution is 2.20. The molecule has 2 rings (SSSR count). The molecule has 0 amide bonds. The lowest BCUT2D eigenvalue weighted by molar-refractivity contribution is 0.854. The summed E-state index contributed by atoms with van der Waals surface area (Å²) in [6, 6.07) is 10.5. The van der Waals surface area contributed by atoms with Gasteiger partial charge in [0.05, 0.1) is 0 Å². The normalized spacial score (nSPS) is 10.4. The fourth-order valence-corrected chi connectivity index (χ4v) is 2.27. The van der Waals surface area contributed by atoms with Crippen LogP contribution in [0.4, 0.5) is 5.82 Å². The highest BCUT2D eigenvalue weighted by molar-refractivity contribution is 6.30. The molecule has 2 aromatic rings. The molecule has 0 fully saturated rings. The van der Waals surface area contributed by atoms with Crippen molar-refractivity contribution in [1.82, 2.24) is 9.97 Å². The van der Waals surface area contributed by atoms with Crippen LogP contribution < -0.4 is 5.32 Å². The van der Waals surface area contributed by atoms with Gasteiger partial charge < -0.3 is 5.32 Å². The molecule has 1 N–H and O–H groups in total. The molecule has 0 unspecified atom stereocenters. The van der Waals surface area contributed by atoms with E-state index >= 15 is 0 Å². The van der Waals surface area contributed by atoms with E-state index in [1.54, 1.807) is 0 Å². The van der Waals surface area contributed by atoms with Crippen LogP contribution in [-0.2, 0) is 12.8 Å². The van der Waals surface area contributed by atoms with E-state index in [9.17, 15) is 0 Å². The molecule has 0 aliphatic carbocycles. The molecule has 0 saturated carbocycles. The number of aryl methyl sites for hydroxylation is 1. The number of halogens is 1. The number of rotatable bonds is 6. The van der Waals surface area contributed by atoms with Crippen LogP contribution in [-0.4, -0.2) is 16.5 Å². The maximum atomic E-state index is 6.05. The van der Waals surface area contributed by atoms with Gasteiger partial charge in [-0.05, 0) is 24.8 Å². The summed E-state index contributed by atoms with van der Waals surface area (Å²) in [5, 5.41) is 3.88. The third-order valence-electron chi connectivity index (χ3n) is 3.02. The highest BCUT2D eigenvalue weighted by Gasteiger charge is 2.06. The summed E-state index contributed by atoms with van der Waals surface area (Å²) < 4.78 is 0. The van der Waals surface area contributed by atoms with Gasteiger partial charge in [0.1, 0.15) is 17.3 Å². The summed E-state index contributed by atoms with van der Waals surface area (Å²) in [5.41, 5.74) is 2.35. The number of nitrogens with one attached hydrogen (secondary N) is 1. The standard InChI is InChI=1S/C15H18ClN3/c1-2-13-14(16)18-11-19-15(13)17-10-6-9-12-7-4-3-5-8-12/h3-5,7-8,11H,2,6,9-10H2,1H3,(H,17,18,19).